The maximum absolute atomic E-state index is 12.5. The second-order valence-electron chi connectivity index (χ2n) is 7.73. The molecule has 10 heteroatoms. The summed E-state index contributed by atoms with van der Waals surface area (Å²) < 4.78 is 11.9. The van der Waals surface area contributed by atoms with E-state index in [-0.39, 0.29) is 24.3 Å². The van der Waals surface area contributed by atoms with Crippen LogP contribution in [-0.2, 0) is 11.3 Å². The van der Waals surface area contributed by atoms with Gasteiger partial charge in [-0.2, -0.15) is 14.8 Å². The number of aryl methyl sites for hydroxylation is 1. The van der Waals surface area contributed by atoms with Crippen molar-refractivity contribution in [3.63, 3.8) is 0 Å². The van der Waals surface area contributed by atoms with Crippen LogP contribution in [0, 0.1) is 12.8 Å². The minimum absolute atomic E-state index is 0.187. The Bertz CT molecular complexity index is 1100. The van der Waals surface area contributed by atoms with E-state index in [0.29, 0.717) is 23.0 Å². The third-order valence-corrected chi connectivity index (χ3v) is 5.49. The van der Waals surface area contributed by atoms with Gasteiger partial charge in [0.15, 0.2) is 11.5 Å². The number of nitrogens with one attached hydrogen (secondary N) is 2. The molecule has 2 aromatic rings. The second-order valence-corrected chi connectivity index (χ2v) is 7.73. The summed E-state index contributed by atoms with van der Waals surface area (Å²) >= 11 is 0. The fourth-order valence-electron chi connectivity index (χ4n) is 3.89. The molecule has 0 bridgehead atoms. The van der Waals surface area contributed by atoms with E-state index in [1.165, 1.54) is 4.68 Å². The van der Waals surface area contributed by atoms with E-state index < -0.39 is 6.03 Å². The van der Waals surface area contributed by atoms with Crippen molar-refractivity contribution in [1.82, 2.24) is 15.1 Å². The van der Waals surface area contributed by atoms with Gasteiger partial charge in [-0.05, 0) is 43.9 Å². The van der Waals surface area contributed by atoms with Crippen LogP contribution in [0.15, 0.2) is 34.3 Å². The quantitative estimate of drug-likeness (QED) is 0.744. The first-order chi connectivity index (χ1) is 15.5. The number of ether oxygens (including phenoxy) is 2. The Morgan fingerprint density at radius 2 is 1.97 bits per heavy atom. The van der Waals surface area contributed by atoms with Crippen LogP contribution >= 0.6 is 0 Å². The van der Waals surface area contributed by atoms with Gasteiger partial charge in [-0.15, -0.1) is 0 Å². The molecule has 0 spiro atoms. The molecule has 3 amide bonds. The molecule has 2 heterocycles. The van der Waals surface area contributed by atoms with Crippen molar-refractivity contribution in [1.29, 1.82) is 0 Å². The Hall–Kier alpha value is -3.69. The lowest BCUT2D eigenvalue weighted by atomic mass is 9.86. The SMILES string of the molecule is COc1ccc(CNC(=O)Nc2cc(C)nn2C2=NC(=O)C3CCCCC3=N2)cc1OC. The van der Waals surface area contributed by atoms with Crippen LogP contribution in [0.3, 0.4) is 0 Å². The van der Waals surface area contributed by atoms with Gasteiger partial charge in [-0.1, -0.05) is 12.5 Å². The van der Waals surface area contributed by atoms with E-state index in [0.717, 1.165) is 37.0 Å². The highest BCUT2D eigenvalue weighted by Gasteiger charge is 2.32. The van der Waals surface area contributed by atoms with Crippen LogP contribution in [0.1, 0.15) is 36.9 Å². The maximum Gasteiger partial charge on any atom is 0.320 e. The van der Waals surface area contributed by atoms with Crippen LogP contribution in [0.25, 0.3) is 0 Å². The molecule has 1 aromatic heterocycles. The summed E-state index contributed by atoms with van der Waals surface area (Å²) in [6.45, 7) is 2.08. The number of nitrogens with zero attached hydrogens (tertiary/aromatic N) is 4. The fraction of sp³-hybridized carbons (Fsp3) is 0.409. The van der Waals surface area contributed by atoms with E-state index in [2.05, 4.69) is 25.7 Å². The molecule has 1 fully saturated rings. The Morgan fingerprint density at radius 3 is 2.75 bits per heavy atom. The summed E-state index contributed by atoms with van der Waals surface area (Å²) in [5.74, 6) is 1.36. The molecule has 1 aliphatic heterocycles. The summed E-state index contributed by atoms with van der Waals surface area (Å²) in [5.41, 5.74) is 2.36. The molecule has 1 saturated carbocycles. The van der Waals surface area contributed by atoms with Crippen molar-refractivity contribution in [2.24, 2.45) is 15.9 Å². The number of rotatable bonds is 5. The molecule has 4 rings (SSSR count). The summed E-state index contributed by atoms with van der Waals surface area (Å²) in [5, 5.41) is 9.94. The Labute approximate surface area is 185 Å². The van der Waals surface area contributed by atoms with E-state index in [9.17, 15) is 9.59 Å². The highest BCUT2D eigenvalue weighted by Crippen LogP contribution is 2.28. The van der Waals surface area contributed by atoms with Gasteiger partial charge in [0.25, 0.3) is 11.9 Å². The molecule has 2 N–H and O–H groups in total. The number of urea groups is 1. The van der Waals surface area contributed by atoms with E-state index in [4.69, 9.17) is 9.47 Å². The van der Waals surface area contributed by atoms with Crippen LogP contribution in [0.2, 0.25) is 0 Å². The van der Waals surface area contributed by atoms with Crippen molar-refractivity contribution < 1.29 is 19.1 Å². The molecule has 10 nitrogen and oxygen atoms in total. The van der Waals surface area contributed by atoms with Gasteiger partial charge < -0.3 is 14.8 Å². The molecular formula is C22H26N6O4. The van der Waals surface area contributed by atoms with E-state index in [1.54, 1.807) is 39.3 Å². The predicted molar refractivity (Wildman–Crippen MR) is 120 cm³/mol. The smallest absolute Gasteiger partial charge is 0.320 e. The number of aliphatic imine (C=N–C) groups is 2. The number of carbonyl (C=O) groups excluding carboxylic acids is 2. The maximum atomic E-state index is 12.5. The van der Waals surface area contributed by atoms with Crippen LogP contribution in [0.5, 0.6) is 11.5 Å². The van der Waals surface area contributed by atoms with E-state index >= 15 is 0 Å². The second kappa shape index (κ2) is 9.21. The summed E-state index contributed by atoms with van der Waals surface area (Å²) in [7, 11) is 3.13. The molecule has 32 heavy (non-hydrogen) atoms. The highest BCUT2D eigenvalue weighted by atomic mass is 16.5. The summed E-state index contributed by atoms with van der Waals surface area (Å²) in [6, 6.07) is 6.70. The zero-order valence-corrected chi connectivity index (χ0v) is 18.3. The van der Waals surface area contributed by atoms with Gasteiger partial charge in [-0.25, -0.2) is 9.79 Å². The molecule has 2 aliphatic rings. The number of carbonyl (C=O) groups is 2. The standard InChI is InChI=1S/C22H26N6O4/c1-13-10-19(25-22(30)23-12-14-8-9-17(31-2)18(11-14)32-3)28(27-13)21-24-16-7-5-4-6-15(16)20(29)26-21/h8-11,15H,4-7,12H2,1-3H3,(H2,23,25,30). The van der Waals surface area contributed by atoms with Crippen molar-refractivity contribution >= 4 is 29.4 Å². The molecule has 1 aliphatic carbocycles. The van der Waals surface area contributed by atoms with E-state index in [1.807, 2.05) is 6.07 Å². The van der Waals surface area contributed by atoms with Crippen molar-refractivity contribution in [2.45, 2.75) is 39.2 Å². The summed E-state index contributed by atoms with van der Waals surface area (Å²) in [6.07, 6.45) is 3.59. The Morgan fingerprint density at radius 1 is 1.16 bits per heavy atom. The van der Waals surface area contributed by atoms with Crippen LogP contribution < -0.4 is 20.1 Å². The highest BCUT2D eigenvalue weighted by molar-refractivity contribution is 6.16. The average molecular weight is 438 g/mol. The minimum atomic E-state index is -0.424. The third kappa shape index (κ3) is 4.48. The van der Waals surface area contributed by atoms with Crippen LogP contribution in [-0.4, -0.2) is 47.6 Å². The third-order valence-electron chi connectivity index (χ3n) is 5.49. The number of aromatic nitrogens is 2. The van der Waals surface area contributed by atoms with Gasteiger partial charge in [0.05, 0.1) is 25.8 Å². The molecule has 1 atom stereocenters. The van der Waals surface area contributed by atoms with Crippen molar-refractivity contribution in [3.05, 3.63) is 35.5 Å². The van der Waals surface area contributed by atoms with Crippen molar-refractivity contribution in [2.75, 3.05) is 19.5 Å². The summed E-state index contributed by atoms with van der Waals surface area (Å²) in [4.78, 5) is 33.7. The monoisotopic (exact) mass is 438 g/mol. The number of benzene rings is 1. The molecule has 1 aromatic carbocycles. The first-order valence-electron chi connectivity index (χ1n) is 10.5. The van der Waals surface area contributed by atoms with Gasteiger partial charge in [-0.3, -0.25) is 10.1 Å². The number of anilines is 1. The molecule has 168 valence electrons. The minimum Gasteiger partial charge on any atom is -0.493 e. The first kappa shape index (κ1) is 21.5. The average Bonchev–Trinajstić information content (AvgIpc) is 3.17. The van der Waals surface area contributed by atoms with Gasteiger partial charge in [0, 0.05) is 18.3 Å². The normalized spacial score (nSPS) is 17.7. The van der Waals surface area contributed by atoms with Gasteiger partial charge >= 0.3 is 6.03 Å². The zero-order chi connectivity index (χ0) is 22.7. The first-order valence-corrected chi connectivity index (χ1v) is 10.5. The topological polar surface area (TPSA) is 119 Å². The van der Waals surface area contributed by atoms with Crippen molar-refractivity contribution in [3.8, 4) is 11.5 Å². The zero-order valence-electron chi connectivity index (χ0n) is 18.3. The largest absolute Gasteiger partial charge is 0.493 e. The fourth-order valence-corrected chi connectivity index (χ4v) is 3.89. The number of hydrogen-bond acceptors (Lipinski definition) is 6. The molecule has 0 radical (unpaired) electrons. The number of amides is 3. The number of methoxy groups -OCH3 is 2. The molecular weight excluding hydrogens is 412 g/mol. The lowest BCUT2D eigenvalue weighted by molar-refractivity contribution is -0.120. The molecule has 0 saturated heterocycles. The molecule has 1 unspecified atom stereocenters. The predicted octanol–water partition coefficient (Wildman–Crippen LogP) is 2.91. The number of hydrogen-bond donors (Lipinski definition) is 2. The Kier molecular flexibility index (Phi) is 6.20. The van der Waals surface area contributed by atoms with Gasteiger partial charge in [0.1, 0.15) is 5.82 Å². The number of fused-ring (bicyclic) bond motifs is 1. The Balaban J connectivity index is 1.46. The lowest BCUT2D eigenvalue weighted by Crippen LogP contribution is -2.34. The van der Waals surface area contributed by atoms with Crippen LogP contribution in [0.4, 0.5) is 10.6 Å². The lowest BCUT2D eigenvalue weighted by Gasteiger charge is -2.24. The van der Waals surface area contributed by atoms with Gasteiger partial charge in [0.2, 0.25) is 0 Å².